The minimum atomic E-state index is -0.373. The number of nitrogens with zero attached hydrogens (tertiary/aromatic N) is 1. The van der Waals surface area contributed by atoms with Crippen molar-refractivity contribution in [3.8, 4) is 0 Å². The summed E-state index contributed by atoms with van der Waals surface area (Å²) in [6, 6.07) is 0. The third-order valence-electron chi connectivity index (χ3n) is 2.67. The summed E-state index contributed by atoms with van der Waals surface area (Å²) in [7, 11) is 6.22. The van der Waals surface area contributed by atoms with Crippen LogP contribution in [0.15, 0.2) is 12.7 Å². The monoisotopic (exact) mass is 199 g/mol. The van der Waals surface area contributed by atoms with E-state index in [-0.39, 0.29) is 11.5 Å². The molecule has 0 aromatic rings. The topological polar surface area (TPSA) is 26.3 Å². The van der Waals surface area contributed by atoms with Crippen molar-refractivity contribution in [2.75, 3.05) is 27.7 Å². The Morgan fingerprint density at radius 3 is 2.36 bits per heavy atom. The van der Waals surface area contributed by atoms with Crippen LogP contribution in [0.4, 0.5) is 0 Å². The third-order valence-corrected chi connectivity index (χ3v) is 2.67. The highest BCUT2D eigenvalue weighted by atomic mass is 16.5. The molecule has 0 aromatic heterocycles. The standard InChI is InChI=1S/C11H21NO2/c1-7-10(13)14-9-8-11(2,3)12(4,5)6/h7H,1-2,8-9H2,3-6H3/q+1. The van der Waals surface area contributed by atoms with Gasteiger partial charge in [0.15, 0.2) is 0 Å². The van der Waals surface area contributed by atoms with E-state index in [2.05, 4.69) is 41.6 Å². The van der Waals surface area contributed by atoms with Gasteiger partial charge in [-0.1, -0.05) is 6.58 Å². The molecule has 0 fully saturated rings. The average molecular weight is 199 g/mol. The molecule has 0 heterocycles. The van der Waals surface area contributed by atoms with E-state index in [4.69, 9.17) is 4.74 Å². The smallest absolute Gasteiger partial charge is 0.330 e. The van der Waals surface area contributed by atoms with Gasteiger partial charge in [-0.15, -0.1) is 0 Å². The van der Waals surface area contributed by atoms with Crippen molar-refractivity contribution in [1.29, 1.82) is 0 Å². The molecule has 3 heteroatoms. The molecule has 0 aliphatic heterocycles. The van der Waals surface area contributed by atoms with Gasteiger partial charge in [0, 0.05) is 19.4 Å². The first-order chi connectivity index (χ1) is 6.20. The second-order valence-electron chi connectivity index (χ2n) is 4.63. The number of esters is 1. The minimum Gasteiger partial charge on any atom is -0.462 e. The fourth-order valence-electron chi connectivity index (χ4n) is 0.766. The van der Waals surface area contributed by atoms with Gasteiger partial charge in [-0.3, -0.25) is 0 Å². The Kier molecular flexibility index (Phi) is 4.33. The van der Waals surface area contributed by atoms with Gasteiger partial charge >= 0.3 is 5.97 Å². The molecule has 1 atom stereocenters. The van der Waals surface area contributed by atoms with Crippen molar-refractivity contribution < 1.29 is 14.0 Å². The van der Waals surface area contributed by atoms with Gasteiger partial charge in [-0.2, -0.15) is 0 Å². The fourth-order valence-corrected chi connectivity index (χ4v) is 0.766. The molecule has 14 heavy (non-hydrogen) atoms. The maximum atomic E-state index is 10.8. The second-order valence-corrected chi connectivity index (χ2v) is 4.63. The van der Waals surface area contributed by atoms with Gasteiger partial charge in [0.25, 0.3) is 0 Å². The van der Waals surface area contributed by atoms with Gasteiger partial charge in [-0.05, 0) is 6.92 Å². The van der Waals surface area contributed by atoms with Crippen LogP contribution in [0.25, 0.3) is 0 Å². The van der Waals surface area contributed by atoms with Gasteiger partial charge < -0.3 is 9.22 Å². The summed E-state index contributed by atoms with van der Waals surface area (Å²) in [5, 5.41) is 0. The lowest BCUT2D eigenvalue weighted by atomic mass is 9.97. The van der Waals surface area contributed by atoms with Crippen LogP contribution < -0.4 is 0 Å². The summed E-state index contributed by atoms with van der Waals surface area (Å²) < 4.78 is 5.65. The van der Waals surface area contributed by atoms with E-state index in [9.17, 15) is 4.79 Å². The number of hydrogen-bond acceptors (Lipinski definition) is 2. The Bertz CT molecular complexity index is 214. The molecule has 81 valence electrons. The van der Waals surface area contributed by atoms with E-state index in [1.165, 1.54) is 6.08 Å². The molecular weight excluding hydrogens is 178 g/mol. The quantitative estimate of drug-likeness (QED) is 0.380. The van der Waals surface area contributed by atoms with E-state index in [0.717, 1.165) is 10.9 Å². The summed E-state index contributed by atoms with van der Waals surface area (Å²) in [6.07, 6.45) is 1.91. The Balaban J connectivity index is 4.01. The molecule has 3 nitrogen and oxygen atoms in total. The molecule has 0 rings (SSSR count). The van der Waals surface area contributed by atoms with Crippen molar-refractivity contribution in [3.05, 3.63) is 19.6 Å². The summed E-state index contributed by atoms with van der Waals surface area (Å²) >= 11 is 0. The summed E-state index contributed by atoms with van der Waals surface area (Å²) in [5.74, 6) is -0.373. The Morgan fingerprint density at radius 2 is 2.00 bits per heavy atom. The second kappa shape index (κ2) is 4.60. The first-order valence-corrected chi connectivity index (χ1v) is 4.67. The third kappa shape index (κ3) is 3.92. The highest BCUT2D eigenvalue weighted by Gasteiger charge is 2.32. The van der Waals surface area contributed by atoms with Gasteiger partial charge in [0.05, 0.1) is 33.3 Å². The molecule has 1 unspecified atom stereocenters. The van der Waals surface area contributed by atoms with Gasteiger partial charge in [-0.25, -0.2) is 4.79 Å². The van der Waals surface area contributed by atoms with Crippen molar-refractivity contribution >= 4 is 5.97 Å². The molecule has 1 radical (unpaired) electrons. The lowest BCUT2D eigenvalue weighted by Crippen LogP contribution is -2.53. The molecule has 0 aromatic carbocycles. The van der Waals surface area contributed by atoms with Crippen LogP contribution >= 0.6 is 0 Å². The van der Waals surface area contributed by atoms with Crippen molar-refractivity contribution in [2.24, 2.45) is 0 Å². The Hall–Kier alpha value is -0.830. The van der Waals surface area contributed by atoms with Crippen LogP contribution in [0, 0.1) is 6.92 Å². The normalized spacial score (nSPS) is 12.4. The predicted octanol–water partition coefficient (Wildman–Crippen LogP) is 1.40. The van der Waals surface area contributed by atoms with E-state index in [0.29, 0.717) is 6.61 Å². The number of carbonyl (C=O) groups excluding carboxylic acids is 1. The van der Waals surface area contributed by atoms with Crippen LogP contribution in [0.3, 0.4) is 0 Å². The van der Waals surface area contributed by atoms with Crippen molar-refractivity contribution in [1.82, 2.24) is 0 Å². The molecule has 0 N–H and O–H groups in total. The molecule has 0 saturated heterocycles. The van der Waals surface area contributed by atoms with E-state index < -0.39 is 0 Å². The first kappa shape index (κ1) is 13.2. The van der Waals surface area contributed by atoms with E-state index in [1.807, 2.05) is 0 Å². The molecular formula is C11H21NO2+. The zero-order valence-electron chi connectivity index (χ0n) is 9.67. The average Bonchev–Trinajstić information content (AvgIpc) is 2.01. The van der Waals surface area contributed by atoms with E-state index in [1.54, 1.807) is 0 Å². The number of ether oxygens (including phenoxy) is 1. The summed E-state index contributed by atoms with van der Waals surface area (Å²) in [6.45, 7) is 9.89. The molecule has 0 spiro atoms. The maximum Gasteiger partial charge on any atom is 0.330 e. The SMILES string of the molecule is [CH2]C(C)(CCOC(=O)C=C)[N+](C)(C)C. The number of hydrogen-bond donors (Lipinski definition) is 0. The lowest BCUT2D eigenvalue weighted by Gasteiger charge is -2.41. The van der Waals surface area contributed by atoms with Gasteiger partial charge in [0.1, 0.15) is 0 Å². The minimum absolute atomic E-state index is 0.151. The predicted molar refractivity (Wildman–Crippen MR) is 57.6 cm³/mol. The molecule has 0 aliphatic carbocycles. The molecule has 0 saturated carbocycles. The van der Waals surface area contributed by atoms with E-state index >= 15 is 0 Å². The highest BCUT2D eigenvalue weighted by Crippen LogP contribution is 2.20. The largest absolute Gasteiger partial charge is 0.462 e. The lowest BCUT2D eigenvalue weighted by molar-refractivity contribution is -0.915. The summed E-state index contributed by atoms with van der Waals surface area (Å²) in [4.78, 5) is 10.8. The van der Waals surface area contributed by atoms with Gasteiger partial charge in [0.2, 0.25) is 0 Å². The Morgan fingerprint density at radius 1 is 1.50 bits per heavy atom. The highest BCUT2D eigenvalue weighted by molar-refractivity contribution is 5.81. The zero-order chi connectivity index (χ0) is 11.4. The molecule has 0 aliphatic rings. The number of carbonyl (C=O) groups is 1. The van der Waals surface area contributed by atoms with Crippen LogP contribution in [0.2, 0.25) is 0 Å². The maximum absolute atomic E-state index is 10.8. The molecule has 0 bridgehead atoms. The van der Waals surface area contributed by atoms with Crippen LogP contribution in [-0.2, 0) is 9.53 Å². The zero-order valence-corrected chi connectivity index (χ0v) is 9.67. The number of quaternary nitrogens is 1. The molecule has 0 amide bonds. The fraction of sp³-hybridized carbons (Fsp3) is 0.636. The van der Waals surface area contributed by atoms with Crippen LogP contribution in [-0.4, -0.2) is 43.7 Å². The van der Waals surface area contributed by atoms with Crippen LogP contribution in [0.1, 0.15) is 13.3 Å². The number of rotatable bonds is 5. The van der Waals surface area contributed by atoms with Crippen molar-refractivity contribution in [2.45, 2.75) is 18.9 Å². The first-order valence-electron chi connectivity index (χ1n) is 4.67. The van der Waals surface area contributed by atoms with Crippen molar-refractivity contribution in [3.63, 3.8) is 0 Å². The summed E-state index contributed by atoms with van der Waals surface area (Å²) in [5.41, 5.74) is -0.151. The van der Waals surface area contributed by atoms with Crippen LogP contribution in [0.5, 0.6) is 0 Å². The Labute approximate surface area is 86.9 Å².